The van der Waals surface area contributed by atoms with Gasteiger partial charge in [-0.25, -0.2) is 4.98 Å². The van der Waals surface area contributed by atoms with Crippen molar-refractivity contribution in [1.29, 1.82) is 0 Å². The number of aryl methyl sites for hydroxylation is 1. The van der Waals surface area contributed by atoms with Crippen molar-refractivity contribution in [3.05, 3.63) is 30.1 Å². The smallest absolute Gasteiger partial charge is 0.219 e. The van der Waals surface area contributed by atoms with Crippen LogP contribution in [0.2, 0.25) is 0 Å². The molecule has 2 aromatic heterocycles. The molecular formula is C11H14N4O. The third kappa shape index (κ3) is 1.90. The van der Waals surface area contributed by atoms with Gasteiger partial charge in [0.2, 0.25) is 5.91 Å². The van der Waals surface area contributed by atoms with E-state index in [1.54, 1.807) is 6.20 Å². The van der Waals surface area contributed by atoms with Crippen LogP contribution in [0, 0.1) is 0 Å². The van der Waals surface area contributed by atoms with E-state index in [1.807, 2.05) is 22.9 Å². The van der Waals surface area contributed by atoms with E-state index in [0.717, 1.165) is 16.6 Å². The molecule has 0 radical (unpaired) electrons. The number of hydrogen-bond donors (Lipinski definition) is 2. The Labute approximate surface area is 93.1 Å². The van der Waals surface area contributed by atoms with Crippen molar-refractivity contribution in [1.82, 2.24) is 9.55 Å². The van der Waals surface area contributed by atoms with Crippen LogP contribution < -0.4 is 11.5 Å². The predicted molar refractivity (Wildman–Crippen MR) is 61.4 cm³/mol. The second-order valence-electron chi connectivity index (χ2n) is 3.64. The average Bonchev–Trinajstić information content (AvgIpc) is 2.65. The van der Waals surface area contributed by atoms with Crippen molar-refractivity contribution in [3.8, 4) is 0 Å². The Morgan fingerprint density at radius 3 is 3.00 bits per heavy atom. The molecule has 0 aromatic carbocycles. The molecule has 0 saturated carbocycles. The lowest BCUT2D eigenvalue weighted by Gasteiger charge is -2.01. The summed E-state index contributed by atoms with van der Waals surface area (Å²) in [5.74, 6) is -0.313. The summed E-state index contributed by atoms with van der Waals surface area (Å²) >= 11 is 0. The van der Waals surface area contributed by atoms with Crippen molar-refractivity contribution in [3.63, 3.8) is 0 Å². The molecule has 0 saturated heterocycles. The van der Waals surface area contributed by atoms with Gasteiger partial charge in [-0.15, -0.1) is 0 Å². The third-order valence-corrected chi connectivity index (χ3v) is 2.54. The summed E-state index contributed by atoms with van der Waals surface area (Å²) in [6, 6.07) is 3.85. The fourth-order valence-electron chi connectivity index (χ4n) is 1.76. The molecule has 1 amide bonds. The SMILES string of the molecule is NCc1cn(CCC(N)=O)c2ncccc12. The van der Waals surface area contributed by atoms with E-state index in [1.165, 1.54) is 0 Å². The third-order valence-electron chi connectivity index (χ3n) is 2.54. The van der Waals surface area contributed by atoms with Gasteiger partial charge in [0.15, 0.2) is 0 Å². The summed E-state index contributed by atoms with van der Waals surface area (Å²) in [6.45, 7) is 1.01. The number of nitrogens with zero attached hydrogens (tertiary/aromatic N) is 2. The second kappa shape index (κ2) is 4.32. The number of carbonyl (C=O) groups is 1. The fourth-order valence-corrected chi connectivity index (χ4v) is 1.76. The van der Waals surface area contributed by atoms with E-state index >= 15 is 0 Å². The monoisotopic (exact) mass is 218 g/mol. The average molecular weight is 218 g/mol. The first-order chi connectivity index (χ1) is 7.72. The van der Waals surface area contributed by atoms with Gasteiger partial charge in [-0.1, -0.05) is 0 Å². The molecule has 0 spiro atoms. The summed E-state index contributed by atoms with van der Waals surface area (Å²) in [7, 11) is 0. The number of hydrogen-bond acceptors (Lipinski definition) is 3. The van der Waals surface area contributed by atoms with E-state index in [9.17, 15) is 4.79 Å². The summed E-state index contributed by atoms with van der Waals surface area (Å²) in [4.78, 5) is 15.0. The molecule has 2 rings (SSSR count). The van der Waals surface area contributed by atoms with E-state index in [0.29, 0.717) is 19.5 Å². The quantitative estimate of drug-likeness (QED) is 0.777. The van der Waals surface area contributed by atoms with E-state index < -0.39 is 0 Å². The van der Waals surface area contributed by atoms with Crippen LogP contribution in [-0.4, -0.2) is 15.5 Å². The maximum atomic E-state index is 10.7. The predicted octanol–water partition coefficient (Wildman–Crippen LogP) is 0.370. The van der Waals surface area contributed by atoms with Crippen molar-refractivity contribution in [2.45, 2.75) is 19.5 Å². The minimum Gasteiger partial charge on any atom is -0.370 e. The van der Waals surface area contributed by atoms with Gasteiger partial charge in [-0.3, -0.25) is 4.79 Å². The number of nitrogens with two attached hydrogens (primary N) is 2. The van der Waals surface area contributed by atoms with Gasteiger partial charge in [0, 0.05) is 37.3 Å². The van der Waals surface area contributed by atoms with Crippen molar-refractivity contribution in [2.24, 2.45) is 11.5 Å². The highest BCUT2D eigenvalue weighted by Gasteiger charge is 2.08. The molecule has 84 valence electrons. The molecule has 0 bridgehead atoms. The summed E-state index contributed by atoms with van der Waals surface area (Å²) in [5.41, 5.74) is 12.7. The number of rotatable bonds is 4. The van der Waals surface area contributed by atoms with Crippen LogP contribution in [0.25, 0.3) is 11.0 Å². The summed E-state index contributed by atoms with van der Waals surface area (Å²) in [5, 5.41) is 1.04. The van der Waals surface area contributed by atoms with E-state index in [-0.39, 0.29) is 5.91 Å². The highest BCUT2D eigenvalue weighted by molar-refractivity contribution is 5.80. The molecule has 0 aliphatic heterocycles. The van der Waals surface area contributed by atoms with Crippen LogP contribution in [0.5, 0.6) is 0 Å². The number of carbonyl (C=O) groups excluding carboxylic acids is 1. The first-order valence-corrected chi connectivity index (χ1v) is 5.13. The Morgan fingerprint density at radius 2 is 2.31 bits per heavy atom. The van der Waals surface area contributed by atoms with E-state index in [4.69, 9.17) is 11.5 Å². The Balaban J connectivity index is 2.41. The molecule has 0 unspecified atom stereocenters. The molecule has 5 nitrogen and oxygen atoms in total. The fraction of sp³-hybridized carbons (Fsp3) is 0.273. The molecule has 2 aromatic rings. The molecule has 0 aliphatic carbocycles. The molecule has 0 aliphatic rings. The number of aromatic nitrogens is 2. The lowest BCUT2D eigenvalue weighted by molar-refractivity contribution is -0.118. The maximum Gasteiger partial charge on any atom is 0.219 e. The van der Waals surface area contributed by atoms with Crippen LogP contribution in [0.15, 0.2) is 24.5 Å². The van der Waals surface area contributed by atoms with Crippen molar-refractivity contribution in [2.75, 3.05) is 0 Å². The Kier molecular flexibility index (Phi) is 2.87. The molecule has 0 fully saturated rings. The summed E-state index contributed by atoms with van der Waals surface area (Å²) < 4.78 is 1.92. The topological polar surface area (TPSA) is 86.9 Å². The first kappa shape index (κ1) is 10.6. The van der Waals surface area contributed by atoms with Gasteiger partial charge in [0.05, 0.1) is 0 Å². The van der Waals surface area contributed by atoms with Gasteiger partial charge < -0.3 is 16.0 Å². The zero-order valence-electron chi connectivity index (χ0n) is 8.89. The number of primary amides is 1. The largest absolute Gasteiger partial charge is 0.370 e. The molecule has 4 N–H and O–H groups in total. The normalized spacial score (nSPS) is 10.8. The zero-order chi connectivity index (χ0) is 11.5. The van der Waals surface area contributed by atoms with Crippen LogP contribution in [0.1, 0.15) is 12.0 Å². The van der Waals surface area contributed by atoms with Crippen molar-refractivity contribution < 1.29 is 4.79 Å². The lowest BCUT2D eigenvalue weighted by Crippen LogP contribution is -2.13. The Hall–Kier alpha value is -1.88. The van der Waals surface area contributed by atoms with Crippen LogP contribution in [0.4, 0.5) is 0 Å². The minimum atomic E-state index is -0.313. The van der Waals surface area contributed by atoms with Gasteiger partial charge in [-0.05, 0) is 17.7 Å². The van der Waals surface area contributed by atoms with Gasteiger partial charge in [0.1, 0.15) is 5.65 Å². The summed E-state index contributed by atoms with van der Waals surface area (Å²) in [6.07, 6.45) is 3.97. The van der Waals surface area contributed by atoms with Gasteiger partial charge in [-0.2, -0.15) is 0 Å². The Morgan fingerprint density at radius 1 is 1.50 bits per heavy atom. The van der Waals surface area contributed by atoms with Gasteiger partial charge in [0.25, 0.3) is 0 Å². The minimum absolute atomic E-state index is 0.310. The second-order valence-corrected chi connectivity index (χ2v) is 3.64. The molecular weight excluding hydrogens is 204 g/mol. The highest BCUT2D eigenvalue weighted by Crippen LogP contribution is 2.18. The molecule has 16 heavy (non-hydrogen) atoms. The van der Waals surface area contributed by atoms with Crippen LogP contribution >= 0.6 is 0 Å². The molecule has 0 atom stereocenters. The first-order valence-electron chi connectivity index (χ1n) is 5.13. The van der Waals surface area contributed by atoms with Crippen LogP contribution in [-0.2, 0) is 17.9 Å². The highest BCUT2D eigenvalue weighted by atomic mass is 16.1. The Bertz CT molecular complexity index is 518. The number of amides is 1. The van der Waals surface area contributed by atoms with Crippen molar-refractivity contribution >= 4 is 16.9 Å². The lowest BCUT2D eigenvalue weighted by atomic mass is 10.2. The number of fused-ring (bicyclic) bond motifs is 1. The molecule has 2 heterocycles. The van der Waals surface area contributed by atoms with E-state index in [2.05, 4.69) is 4.98 Å². The maximum absolute atomic E-state index is 10.7. The van der Waals surface area contributed by atoms with Crippen LogP contribution in [0.3, 0.4) is 0 Å². The van der Waals surface area contributed by atoms with Gasteiger partial charge >= 0.3 is 0 Å². The standard InChI is InChI=1S/C11H14N4O/c12-6-8-7-15(5-3-10(13)16)11-9(8)2-1-4-14-11/h1-2,4,7H,3,5-6,12H2,(H2,13,16). The number of pyridine rings is 1. The zero-order valence-corrected chi connectivity index (χ0v) is 8.89. The molecule has 5 heteroatoms.